The summed E-state index contributed by atoms with van der Waals surface area (Å²) in [6.07, 6.45) is 0. The molecule has 0 aliphatic heterocycles. The molecule has 1 rings (SSSR count). The lowest BCUT2D eigenvalue weighted by atomic mass is 10.3. The van der Waals surface area contributed by atoms with Crippen molar-refractivity contribution in [3.63, 3.8) is 0 Å². The van der Waals surface area contributed by atoms with E-state index in [0.717, 1.165) is 0 Å². The van der Waals surface area contributed by atoms with Gasteiger partial charge in [0, 0.05) is 5.69 Å². The molecule has 1 atom stereocenters. The maximum Gasteiger partial charge on any atom is 0.243 e. The summed E-state index contributed by atoms with van der Waals surface area (Å²) in [5, 5.41) is 2.74. The fourth-order valence-corrected chi connectivity index (χ4v) is 1.05. The number of carbonyl (C=O) groups is 1. The van der Waals surface area contributed by atoms with Gasteiger partial charge in [0.1, 0.15) is 5.15 Å². The van der Waals surface area contributed by atoms with Crippen LogP contribution in [-0.4, -0.2) is 21.9 Å². The first-order valence-electron chi connectivity index (χ1n) is 4.06. The number of amides is 1. The van der Waals surface area contributed by atoms with Crippen molar-refractivity contribution in [3.05, 3.63) is 16.9 Å². The predicted octanol–water partition coefficient (Wildman–Crippen LogP) is 0.724. The van der Waals surface area contributed by atoms with Gasteiger partial charge in [-0.1, -0.05) is 11.6 Å². The van der Waals surface area contributed by atoms with Crippen LogP contribution in [0.5, 0.6) is 0 Å². The van der Waals surface area contributed by atoms with Crippen LogP contribution >= 0.6 is 11.6 Å². The molecule has 5 nitrogen and oxygen atoms in total. The number of halogens is 1. The summed E-state index contributed by atoms with van der Waals surface area (Å²) in [6, 6.07) is 1.00. The highest BCUT2D eigenvalue weighted by Crippen LogP contribution is 2.09. The summed E-state index contributed by atoms with van der Waals surface area (Å²) in [5.41, 5.74) is 6.04. The smallest absolute Gasteiger partial charge is 0.243 e. The van der Waals surface area contributed by atoms with Gasteiger partial charge in [-0.15, -0.1) is 0 Å². The summed E-state index contributed by atoms with van der Waals surface area (Å²) in [6.45, 7) is 3.34. The lowest BCUT2D eigenvalue weighted by Gasteiger charge is -2.06. The van der Waals surface area contributed by atoms with E-state index in [1.807, 2.05) is 0 Å². The van der Waals surface area contributed by atoms with Crippen molar-refractivity contribution in [2.24, 2.45) is 5.73 Å². The number of nitrogens with two attached hydrogens (primary N) is 1. The van der Waals surface area contributed by atoms with Gasteiger partial charge in [0.15, 0.2) is 0 Å². The third-order valence-electron chi connectivity index (χ3n) is 1.47. The van der Waals surface area contributed by atoms with Crippen LogP contribution in [0.25, 0.3) is 0 Å². The van der Waals surface area contributed by atoms with Crippen LogP contribution in [-0.2, 0) is 4.79 Å². The third kappa shape index (κ3) is 2.93. The Labute approximate surface area is 86.7 Å². The van der Waals surface area contributed by atoms with Gasteiger partial charge in [0.25, 0.3) is 0 Å². The van der Waals surface area contributed by atoms with Crippen LogP contribution in [0.15, 0.2) is 6.07 Å². The quantitative estimate of drug-likeness (QED) is 0.711. The van der Waals surface area contributed by atoms with Crippen molar-refractivity contribution in [3.8, 4) is 0 Å². The van der Waals surface area contributed by atoms with Crippen LogP contribution in [0.3, 0.4) is 0 Å². The van der Waals surface area contributed by atoms with Gasteiger partial charge < -0.3 is 5.73 Å². The molecule has 14 heavy (non-hydrogen) atoms. The summed E-state index contributed by atoms with van der Waals surface area (Å²) in [7, 11) is 0. The Hall–Kier alpha value is -1.20. The molecule has 0 saturated heterocycles. The van der Waals surface area contributed by atoms with E-state index in [1.165, 1.54) is 0 Å². The number of aromatic nitrogens is 2. The second kappa shape index (κ2) is 4.34. The molecular weight excluding hydrogens is 204 g/mol. The number of nitrogens with one attached hydrogen (secondary N) is 1. The molecule has 0 radical (unpaired) electrons. The van der Waals surface area contributed by atoms with Crippen LogP contribution < -0.4 is 11.1 Å². The molecule has 76 valence electrons. The Bertz CT molecular complexity index is 333. The van der Waals surface area contributed by atoms with E-state index in [2.05, 4.69) is 15.3 Å². The summed E-state index contributed by atoms with van der Waals surface area (Å²) in [5.74, 6) is -0.163. The number of hydrogen-bond acceptors (Lipinski definition) is 4. The average molecular weight is 215 g/mol. The number of rotatable bonds is 2. The van der Waals surface area contributed by atoms with Crippen LogP contribution in [0, 0.1) is 6.92 Å². The molecular formula is C8H11ClN4O. The first-order valence-corrected chi connectivity index (χ1v) is 4.44. The first-order chi connectivity index (χ1) is 6.49. The van der Waals surface area contributed by atoms with E-state index in [4.69, 9.17) is 17.3 Å². The number of carbonyl (C=O) groups excluding carboxylic acids is 1. The van der Waals surface area contributed by atoms with Gasteiger partial charge in [-0.3, -0.25) is 10.1 Å². The van der Waals surface area contributed by atoms with Crippen LogP contribution in [0.1, 0.15) is 12.6 Å². The Morgan fingerprint density at radius 3 is 2.79 bits per heavy atom. The van der Waals surface area contributed by atoms with Gasteiger partial charge in [-0.25, -0.2) is 9.97 Å². The maximum atomic E-state index is 11.2. The molecule has 1 aromatic heterocycles. The molecule has 0 fully saturated rings. The summed E-state index contributed by atoms with van der Waals surface area (Å²) in [4.78, 5) is 19.0. The van der Waals surface area contributed by atoms with Crippen LogP contribution in [0.2, 0.25) is 5.15 Å². The zero-order valence-corrected chi connectivity index (χ0v) is 8.67. The number of hydrogen-bond donors (Lipinski definition) is 2. The maximum absolute atomic E-state index is 11.2. The van der Waals surface area contributed by atoms with Gasteiger partial charge in [-0.2, -0.15) is 0 Å². The highest BCUT2D eigenvalue weighted by atomic mass is 35.5. The molecule has 1 heterocycles. The zero-order valence-electron chi connectivity index (χ0n) is 7.91. The van der Waals surface area contributed by atoms with E-state index >= 15 is 0 Å². The van der Waals surface area contributed by atoms with Gasteiger partial charge in [0.2, 0.25) is 11.9 Å². The molecule has 0 saturated carbocycles. The van der Waals surface area contributed by atoms with E-state index in [9.17, 15) is 4.79 Å². The zero-order chi connectivity index (χ0) is 10.7. The normalized spacial score (nSPS) is 12.3. The highest BCUT2D eigenvalue weighted by molar-refractivity contribution is 6.29. The first kappa shape index (κ1) is 10.9. The fraction of sp³-hybridized carbons (Fsp3) is 0.375. The predicted molar refractivity (Wildman–Crippen MR) is 54.1 cm³/mol. The van der Waals surface area contributed by atoms with Crippen molar-refractivity contribution < 1.29 is 4.79 Å². The fourth-order valence-electron chi connectivity index (χ4n) is 0.810. The van der Waals surface area contributed by atoms with Crippen molar-refractivity contribution in [2.75, 3.05) is 5.32 Å². The lowest BCUT2D eigenvalue weighted by molar-refractivity contribution is -0.117. The lowest BCUT2D eigenvalue weighted by Crippen LogP contribution is -2.33. The van der Waals surface area contributed by atoms with Gasteiger partial charge >= 0.3 is 0 Å². The molecule has 0 aliphatic rings. The van der Waals surface area contributed by atoms with Crippen molar-refractivity contribution in [1.82, 2.24) is 9.97 Å². The van der Waals surface area contributed by atoms with E-state index in [-0.39, 0.29) is 17.0 Å². The monoisotopic (exact) mass is 214 g/mol. The Kier molecular flexibility index (Phi) is 3.38. The molecule has 3 N–H and O–H groups in total. The molecule has 0 spiro atoms. The standard InChI is InChI=1S/C8H11ClN4O/c1-4-3-6(9)12-8(11-4)13-7(14)5(2)10/h3,5H,10H2,1-2H3,(H,11,12,13,14)/t5-/m0/s1. The van der Waals surface area contributed by atoms with Crippen molar-refractivity contribution in [1.29, 1.82) is 0 Å². The topological polar surface area (TPSA) is 80.9 Å². The van der Waals surface area contributed by atoms with Gasteiger partial charge in [-0.05, 0) is 19.9 Å². The highest BCUT2D eigenvalue weighted by Gasteiger charge is 2.09. The Balaban J connectivity index is 2.82. The molecule has 1 amide bonds. The minimum Gasteiger partial charge on any atom is -0.320 e. The minimum atomic E-state index is -0.599. The minimum absolute atomic E-state index is 0.178. The van der Waals surface area contributed by atoms with E-state index in [0.29, 0.717) is 5.69 Å². The second-order valence-corrected chi connectivity index (χ2v) is 3.32. The van der Waals surface area contributed by atoms with Crippen molar-refractivity contribution >= 4 is 23.5 Å². The molecule has 0 bridgehead atoms. The van der Waals surface area contributed by atoms with Crippen LogP contribution in [0.4, 0.5) is 5.95 Å². The number of nitrogens with zero attached hydrogens (tertiary/aromatic N) is 2. The third-order valence-corrected chi connectivity index (χ3v) is 1.67. The van der Waals surface area contributed by atoms with Crippen molar-refractivity contribution in [2.45, 2.75) is 19.9 Å². The van der Waals surface area contributed by atoms with E-state index in [1.54, 1.807) is 19.9 Å². The number of anilines is 1. The number of aryl methyl sites for hydroxylation is 1. The second-order valence-electron chi connectivity index (χ2n) is 2.93. The average Bonchev–Trinajstić information content (AvgIpc) is 2.01. The Morgan fingerprint density at radius 1 is 1.64 bits per heavy atom. The SMILES string of the molecule is Cc1cc(Cl)nc(NC(=O)[C@H](C)N)n1. The molecule has 0 unspecified atom stereocenters. The van der Waals surface area contributed by atoms with Gasteiger partial charge in [0.05, 0.1) is 6.04 Å². The largest absolute Gasteiger partial charge is 0.320 e. The molecule has 1 aromatic rings. The molecule has 0 aliphatic carbocycles. The summed E-state index contributed by atoms with van der Waals surface area (Å²) < 4.78 is 0. The summed E-state index contributed by atoms with van der Waals surface area (Å²) >= 11 is 5.68. The molecule has 6 heteroatoms. The van der Waals surface area contributed by atoms with E-state index < -0.39 is 6.04 Å². The Morgan fingerprint density at radius 2 is 2.29 bits per heavy atom. The molecule has 0 aromatic carbocycles.